The van der Waals surface area contributed by atoms with E-state index < -0.39 is 0 Å². The Balaban J connectivity index is 2.33. The average Bonchev–Trinajstić information content (AvgIpc) is 2.97. The number of nitrogens with zero attached hydrogens (tertiary/aromatic N) is 3. The lowest BCUT2D eigenvalue weighted by Crippen LogP contribution is -2.37. The highest BCUT2D eigenvalue weighted by molar-refractivity contribution is 5.50. The molecule has 1 saturated carbocycles. The summed E-state index contributed by atoms with van der Waals surface area (Å²) in [5.41, 5.74) is 1.81. The Labute approximate surface area is 128 Å². The summed E-state index contributed by atoms with van der Waals surface area (Å²) in [6.07, 6.45) is 7.01. The maximum absolute atomic E-state index is 9.73. The van der Waals surface area contributed by atoms with Gasteiger partial charge in [0.25, 0.3) is 0 Å². The van der Waals surface area contributed by atoms with E-state index in [9.17, 15) is 5.11 Å². The molecule has 0 aliphatic heterocycles. The zero-order valence-corrected chi connectivity index (χ0v) is 13.8. The van der Waals surface area contributed by atoms with Crippen molar-refractivity contribution in [2.75, 3.05) is 11.4 Å². The molecule has 4 nitrogen and oxygen atoms in total. The Hall–Kier alpha value is -1.16. The molecule has 0 saturated heterocycles. The van der Waals surface area contributed by atoms with Gasteiger partial charge in [0.2, 0.25) is 0 Å². The van der Waals surface area contributed by atoms with Gasteiger partial charge in [0.1, 0.15) is 5.82 Å². The van der Waals surface area contributed by atoms with Gasteiger partial charge in [-0.2, -0.15) is 0 Å². The minimum atomic E-state index is -0.0150. The fraction of sp³-hybridized carbons (Fsp3) is 0.765. The molecule has 0 radical (unpaired) electrons. The highest BCUT2D eigenvalue weighted by Gasteiger charge is 2.26. The van der Waals surface area contributed by atoms with Crippen molar-refractivity contribution in [3.05, 3.63) is 17.7 Å². The van der Waals surface area contributed by atoms with Gasteiger partial charge in [0.15, 0.2) is 0 Å². The second-order valence-electron chi connectivity index (χ2n) is 6.86. The summed E-state index contributed by atoms with van der Waals surface area (Å²) in [4.78, 5) is 11.5. The van der Waals surface area contributed by atoms with Crippen molar-refractivity contribution < 1.29 is 5.11 Å². The maximum Gasteiger partial charge on any atom is 0.131 e. The van der Waals surface area contributed by atoms with E-state index in [1.807, 2.05) is 6.20 Å². The SMILES string of the molecule is CC(C)CN(c1cnc(C(C)C)nc1CO)C1CCCC1. The second kappa shape index (κ2) is 7.21. The molecule has 1 aliphatic carbocycles. The first-order valence-electron chi connectivity index (χ1n) is 8.26. The zero-order valence-electron chi connectivity index (χ0n) is 13.8. The van der Waals surface area contributed by atoms with Crippen LogP contribution in [0.1, 0.15) is 70.8 Å². The smallest absolute Gasteiger partial charge is 0.131 e. The predicted octanol–water partition coefficient (Wildman–Crippen LogP) is 3.50. The molecule has 1 aromatic heterocycles. The number of hydrogen-bond acceptors (Lipinski definition) is 4. The van der Waals surface area contributed by atoms with Gasteiger partial charge in [0, 0.05) is 18.5 Å². The normalized spacial score (nSPS) is 16.1. The third-order valence-corrected chi connectivity index (χ3v) is 4.17. The summed E-state index contributed by atoms with van der Waals surface area (Å²) in [7, 11) is 0. The van der Waals surface area contributed by atoms with Gasteiger partial charge in [-0.15, -0.1) is 0 Å². The van der Waals surface area contributed by atoms with Crippen LogP contribution in [0.4, 0.5) is 5.69 Å². The van der Waals surface area contributed by atoms with Gasteiger partial charge in [0.05, 0.1) is 24.2 Å². The lowest BCUT2D eigenvalue weighted by molar-refractivity contribution is 0.275. The van der Waals surface area contributed by atoms with Crippen molar-refractivity contribution in [2.24, 2.45) is 5.92 Å². The van der Waals surface area contributed by atoms with Crippen molar-refractivity contribution in [1.29, 1.82) is 0 Å². The molecule has 0 atom stereocenters. The van der Waals surface area contributed by atoms with Crippen molar-refractivity contribution in [3.8, 4) is 0 Å². The summed E-state index contributed by atoms with van der Waals surface area (Å²) in [6, 6.07) is 0.575. The van der Waals surface area contributed by atoms with Crippen LogP contribution in [0, 0.1) is 5.92 Å². The molecule has 2 rings (SSSR count). The van der Waals surface area contributed by atoms with E-state index in [4.69, 9.17) is 0 Å². The molecule has 4 heteroatoms. The Kier molecular flexibility index (Phi) is 5.57. The van der Waals surface area contributed by atoms with Crippen LogP contribution >= 0.6 is 0 Å². The summed E-state index contributed by atoms with van der Waals surface area (Å²) < 4.78 is 0. The second-order valence-corrected chi connectivity index (χ2v) is 6.86. The summed E-state index contributed by atoms with van der Waals surface area (Å²) in [5, 5.41) is 9.73. The average molecular weight is 291 g/mol. The molecular weight excluding hydrogens is 262 g/mol. The molecule has 0 aromatic carbocycles. The molecule has 1 N–H and O–H groups in total. The summed E-state index contributed by atoms with van der Waals surface area (Å²) in [5.74, 6) is 1.69. The van der Waals surface area contributed by atoms with Crippen molar-refractivity contribution >= 4 is 5.69 Å². The monoisotopic (exact) mass is 291 g/mol. The van der Waals surface area contributed by atoms with Gasteiger partial charge >= 0.3 is 0 Å². The Bertz CT molecular complexity index is 453. The number of rotatable bonds is 6. The van der Waals surface area contributed by atoms with E-state index >= 15 is 0 Å². The van der Waals surface area contributed by atoms with E-state index in [0.29, 0.717) is 12.0 Å². The van der Waals surface area contributed by atoms with Crippen LogP contribution in [0.5, 0.6) is 0 Å². The van der Waals surface area contributed by atoms with Gasteiger partial charge in [-0.1, -0.05) is 40.5 Å². The van der Waals surface area contributed by atoms with Crippen molar-refractivity contribution in [3.63, 3.8) is 0 Å². The van der Waals surface area contributed by atoms with Gasteiger partial charge in [-0.3, -0.25) is 0 Å². The standard InChI is InChI=1S/C17H29N3O/c1-12(2)10-20(14-7-5-6-8-14)16-9-18-17(13(3)4)19-15(16)11-21/h9,12-14,21H,5-8,10-11H2,1-4H3. The zero-order chi connectivity index (χ0) is 15.4. The molecule has 1 fully saturated rings. The van der Waals surface area contributed by atoms with Crippen molar-refractivity contribution in [1.82, 2.24) is 9.97 Å². The highest BCUT2D eigenvalue weighted by atomic mass is 16.3. The van der Waals surface area contributed by atoms with Crippen LogP contribution in [-0.2, 0) is 6.61 Å². The quantitative estimate of drug-likeness (QED) is 0.871. The first kappa shape index (κ1) is 16.2. The van der Waals surface area contributed by atoms with Crippen LogP contribution in [0.15, 0.2) is 6.20 Å². The molecular formula is C17H29N3O. The number of aliphatic hydroxyl groups excluding tert-OH is 1. The highest BCUT2D eigenvalue weighted by Crippen LogP contribution is 2.31. The largest absolute Gasteiger partial charge is 0.390 e. The minimum absolute atomic E-state index is 0.0150. The Morgan fingerprint density at radius 2 is 1.90 bits per heavy atom. The Morgan fingerprint density at radius 1 is 1.24 bits per heavy atom. The lowest BCUT2D eigenvalue weighted by Gasteiger charge is -2.33. The molecule has 118 valence electrons. The van der Waals surface area contributed by atoms with Crippen molar-refractivity contribution in [2.45, 2.75) is 71.9 Å². The number of anilines is 1. The molecule has 0 amide bonds. The first-order chi connectivity index (χ1) is 10.0. The molecule has 1 aliphatic rings. The summed E-state index contributed by atoms with van der Waals surface area (Å²) in [6.45, 7) is 9.63. The summed E-state index contributed by atoms with van der Waals surface area (Å²) >= 11 is 0. The molecule has 0 bridgehead atoms. The third kappa shape index (κ3) is 3.94. The van der Waals surface area contributed by atoms with Crippen LogP contribution in [0.2, 0.25) is 0 Å². The van der Waals surface area contributed by atoms with Crippen LogP contribution < -0.4 is 4.90 Å². The van der Waals surface area contributed by atoms with Gasteiger partial charge in [-0.05, 0) is 18.8 Å². The van der Waals surface area contributed by atoms with E-state index in [-0.39, 0.29) is 12.5 Å². The van der Waals surface area contributed by atoms with Crippen LogP contribution in [-0.4, -0.2) is 27.7 Å². The molecule has 21 heavy (non-hydrogen) atoms. The predicted molar refractivity (Wildman–Crippen MR) is 86.5 cm³/mol. The van der Waals surface area contributed by atoms with Crippen LogP contribution in [0.25, 0.3) is 0 Å². The third-order valence-electron chi connectivity index (χ3n) is 4.17. The first-order valence-corrected chi connectivity index (χ1v) is 8.26. The molecule has 0 spiro atoms. The minimum Gasteiger partial charge on any atom is -0.390 e. The Morgan fingerprint density at radius 3 is 2.43 bits per heavy atom. The fourth-order valence-corrected chi connectivity index (χ4v) is 3.11. The number of aromatic nitrogens is 2. The maximum atomic E-state index is 9.73. The van der Waals surface area contributed by atoms with E-state index in [1.165, 1.54) is 25.7 Å². The van der Waals surface area contributed by atoms with E-state index in [0.717, 1.165) is 23.8 Å². The molecule has 1 heterocycles. The topological polar surface area (TPSA) is 49.2 Å². The van der Waals surface area contributed by atoms with Gasteiger partial charge < -0.3 is 10.0 Å². The number of aliphatic hydroxyl groups is 1. The van der Waals surface area contributed by atoms with E-state index in [1.54, 1.807) is 0 Å². The lowest BCUT2D eigenvalue weighted by atomic mass is 10.1. The number of hydrogen-bond donors (Lipinski definition) is 1. The van der Waals surface area contributed by atoms with E-state index in [2.05, 4.69) is 42.6 Å². The van der Waals surface area contributed by atoms with Gasteiger partial charge in [-0.25, -0.2) is 9.97 Å². The fourth-order valence-electron chi connectivity index (χ4n) is 3.11. The molecule has 1 aromatic rings. The molecule has 0 unspecified atom stereocenters. The van der Waals surface area contributed by atoms with Crippen LogP contribution in [0.3, 0.4) is 0 Å².